The number of nitrogens with one attached hydrogen (secondary N) is 1. The number of rotatable bonds is 5. The number of hydrogen-bond donors (Lipinski definition) is 2. The van der Waals surface area contributed by atoms with Crippen LogP contribution in [0, 0.1) is 6.92 Å². The van der Waals surface area contributed by atoms with Crippen molar-refractivity contribution >= 4 is 29.9 Å². The zero-order chi connectivity index (χ0) is 13.8. The molecule has 0 aromatic heterocycles. The van der Waals surface area contributed by atoms with Gasteiger partial charge in [-0.15, -0.1) is 12.4 Å². The maximum absolute atomic E-state index is 12.2. The molecule has 5 heteroatoms. The predicted octanol–water partition coefficient (Wildman–Crippen LogP) is 3.32. The van der Waals surface area contributed by atoms with Gasteiger partial charge in [0.2, 0.25) is 0 Å². The van der Waals surface area contributed by atoms with E-state index in [9.17, 15) is 4.79 Å². The van der Waals surface area contributed by atoms with Gasteiger partial charge in [-0.1, -0.05) is 31.5 Å². The van der Waals surface area contributed by atoms with Gasteiger partial charge >= 0.3 is 0 Å². The van der Waals surface area contributed by atoms with E-state index in [1.54, 1.807) is 12.1 Å². The standard InChI is InChI=1S/C14H21ClN2O.ClH/c1-4-14(5-2,9-16)17-13(18)11-7-6-10(3)12(15)8-11;/h6-8H,4-5,9,16H2,1-3H3,(H,17,18);1H. The lowest BCUT2D eigenvalue weighted by Crippen LogP contribution is -2.52. The third kappa shape index (κ3) is 4.37. The second-order valence-electron chi connectivity index (χ2n) is 4.61. The molecule has 0 saturated carbocycles. The van der Waals surface area contributed by atoms with Crippen molar-refractivity contribution in [3.63, 3.8) is 0 Å². The van der Waals surface area contributed by atoms with Crippen LogP contribution in [-0.4, -0.2) is 18.0 Å². The van der Waals surface area contributed by atoms with Gasteiger partial charge in [-0.2, -0.15) is 0 Å². The SMILES string of the molecule is CCC(CC)(CN)NC(=O)c1ccc(C)c(Cl)c1.Cl. The van der Waals surface area contributed by atoms with E-state index in [-0.39, 0.29) is 23.9 Å². The Morgan fingerprint density at radius 1 is 1.37 bits per heavy atom. The maximum Gasteiger partial charge on any atom is 0.251 e. The number of hydrogen-bond acceptors (Lipinski definition) is 2. The molecule has 108 valence electrons. The molecule has 1 rings (SSSR count). The molecule has 0 aliphatic carbocycles. The summed E-state index contributed by atoms with van der Waals surface area (Å²) in [6.45, 7) is 6.40. The van der Waals surface area contributed by atoms with E-state index in [0.29, 0.717) is 17.1 Å². The van der Waals surface area contributed by atoms with Crippen LogP contribution in [0.4, 0.5) is 0 Å². The first-order valence-electron chi connectivity index (χ1n) is 6.26. The van der Waals surface area contributed by atoms with Gasteiger partial charge in [-0.3, -0.25) is 4.79 Å². The number of nitrogens with two attached hydrogens (primary N) is 1. The summed E-state index contributed by atoms with van der Waals surface area (Å²) in [5.41, 5.74) is 6.98. The summed E-state index contributed by atoms with van der Waals surface area (Å²) in [6.07, 6.45) is 1.62. The highest BCUT2D eigenvalue weighted by molar-refractivity contribution is 6.31. The number of carbonyl (C=O) groups is 1. The first-order chi connectivity index (χ1) is 8.48. The molecule has 0 heterocycles. The second kappa shape index (κ2) is 7.73. The van der Waals surface area contributed by atoms with Gasteiger partial charge in [-0.25, -0.2) is 0 Å². The average molecular weight is 305 g/mol. The fourth-order valence-corrected chi connectivity index (χ4v) is 1.99. The first-order valence-corrected chi connectivity index (χ1v) is 6.64. The number of aryl methyl sites for hydroxylation is 1. The molecule has 1 aromatic carbocycles. The molecule has 0 atom stereocenters. The van der Waals surface area contributed by atoms with Crippen molar-refractivity contribution in [3.8, 4) is 0 Å². The fraction of sp³-hybridized carbons (Fsp3) is 0.500. The van der Waals surface area contributed by atoms with Crippen LogP contribution in [0.2, 0.25) is 5.02 Å². The Morgan fingerprint density at radius 2 is 1.95 bits per heavy atom. The minimum absolute atomic E-state index is 0. The van der Waals surface area contributed by atoms with Gasteiger partial charge in [0.1, 0.15) is 0 Å². The number of halogens is 2. The van der Waals surface area contributed by atoms with Gasteiger partial charge in [0.05, 0.1) is 5.54 Å². The second-order valence-corrected chi connectivity index (χ2v) is 5.02. The molecule has 0 spiro atoms. The summed E-state index contributed by atoms with van der Waals surface area (Å²) >= 11 is 6.03. The Bertz CT molecular complexity index is 423. The highest BCUT2D eigenvalue weighted by Crippen LogP contribution is 2.19. The van der Waals surface area contributed by atoms with Crippen LogP contribution in [-0.2, 0) is 0 Å². The number of benzene rings is 1. The topological polar surface area (TPSA) is 55.1 Å². The van der Waals surface area contributed by atoms with Crippen molar-refractivity contribution in [3.05, 3.63) is 34.3 Å². The number of carbonyl (C=O) groups excluding carboxylic acids is 1. The largest absolute Gasteiger partial charge is 0.345 e. The van der Waals surface area contributed by atoms with E-state index in [0.717, 1.165) is 18.4 Å². The van der Waals surface area contributed by atoms with Crippen molar-refractivity contribution < 1.29 is 4.79 Å². The van der Waals surface area contributed by atoms with Crippen LogP contribution in [0.1, 0.15) is 42.6 Å². The van der Waals surface area contributed by atoms with Crippen LogP contribution >= 0.6 is 24.0 Å². The van der Waals surface area contributed by atoms with E-state index in [1.807, 2.05) is 26.8 Å². The smallest absolute Gasteiger partial charge is 0.251 e. The van der Waals surface area contributed by atoms with Crippen molar-refractivity contribution in [2.75, 3.05) is 6.54 Å². The van der Waals surface area contributed by atoms with Gasteiger partial charge in [0.25, 0.3) is 5.91 Å². The van der Waals surface area contributed by atoms with Crippen LogP contribution < -0.4 is 11.1 Å². The lowest BCUT2D eigenvalue weighted by molar-refractivity contribution is 0.0895. The van der Waals surface area contributed by atoms with Crippen LogP contribution in [0.5, 0.6) is 0 Å². The zero-order valence-corrected chi connectivity index (χ0v) is 13.2. The fourth-order valence-electron chi connectivity index (χ4n) is 1.81. The average Bonchev–Trinajstić information content (AvgIpc) is 2.39. The van der Waals surface area contributed by atoms with Crippen molar-refractivity contribution in [1.82, 2.24) is 5.32 Å². The minimum Gasteiger partial charge on any atom is -0.345 e. The highest BCUT2D eigenvalue weighted by atomic mass is 35.5. The molecule has 3 N–H and O–H groups in total. The molecule has 0 saturated heterocycles. The lowest BCUT2D eigenvalue weighted by Gasteiger charge is -2.31. The molecule has 1 aromatic rings. The summed E-state index contributed by atoms with van der Waals surface area (Å²) < 4.78 is 0. The van der Waals surface area contributed by atoms with E-state index in [1.165, 1.54) is 0 Å². The van der Waals surface area contributed by atoms with E-state index in [2.05, 4.69) is 5.32 Å². The third-order valence-corrected chi connectivity index (χ3v) is 3.96. The Morgan fingerprint density at radius 3 is 2.37 bits per heavy atom. The molecule has 19 heavy (non-hydrogen) atoms. The lowest BCUT2D eigenvalue weighted by atomic mass is 9.92. The van der Waals surface area contributed by atoms with E-state index < -0.39 is 0 Å². The minimum atomic E-state index is -0.325. The molecule has 0 radical (unpaired) electrons. The van der Waals surface area contributed by atoms with E-state index in [4.69, 9.17) is 17.3 Å². The Hall–Kier alpha value is -0.770. The van der Waals surface area contributed by atoms with Crippen LogP contribution in [0.25, 0.3) is 0 Å². The highest BCUT2D eigenvalue weighted by Gasteiger charge is 2.26. The maximum atomic E-state index is 12.2. The molecule has 0 fully saturated rings. The Labute approximate surface area is 126 Å². The Balaban J connectivity index is 0.00000324. The normalized spacial score (nSPS) is 10.8. The van der Waals surface area contributed by atoms with Gasteiger partial charge < -0.3 is 11.1 Å². The predicted molar refractivity (Wildman–Crippen MR) is 83.3 cm³/mol. The van der Waals surface area contributed by atoms with Gasteiger partial charge in [-0.05, 0) is 37.5 Å². The van der Waals surface area contributed by atoms with Crippen molar-refractivity contribution in [1.29, 1.82) is 0 Å². The van der Waals surface area contributed by atoms with Gasteiger partial charge in [0.15, 0.2) is 0 Å². The molecular weight excluding hydrogens is 283 g/mol. The summed E-state index contributed by atoms with van der Waals surface area (Å²) in [7, 11) is 0. The molecule has 3 nitrogen and oxygen atoms in total. The quantitative estimate of drug-likeness (QED) is 0.877. The Kier molecular flexibility index (Phi) is 7.42. The van der Waals surface area contributed by atoms with Crippen LogP contribution in [0.15, 0.2) is 18.2 Å². The number of amides is 1. The summed E-state index contributed by atoms with van der Waals surface area (Å²) in [6, 6.07) is 5.32. The zero-order valence-electron chi connectivity index (χ0n) is 11.6. The first kappa shape index (κ1) is 18.2. The van der Waals surface area contributed by atoms with Crippen LogP contribution in [0.3, 0.4) is 0 Å². The molecule has 0 unspecified atom stereocenters. The monoisotopic (exact) mass is 304 g/mol. The molecule has 1 amide bonds. The summed E-state index contributed by atoms with van der Waals surface area (Å²) in [5, 5.41) is 3.63. The summed E-state index contributed by atoms with van der Waals surface area (Å²) in [4.78, 5) is 12.2. The molecule has 0 bridgehead atoms. The molecule has 0 aliphatic rings. The summed E-state index contributed by atoms with van der Waals surface area (Å²) in [5.74, 6) is -0.119. The van der Waals surface area contributed by atoms with Crippen molar-refractivity contribution in [2.45, 2.75) is 39.2 Å². The third-order valence-electron chi connectivity index (χ3n) is 3.56. The van der Waals surface area contributed by atoms with Gasteiger partial charge in [0, 0.05) is 17.1 Å². The van der Waals surface area contributed by atoms with E-state index >= 15 is 0 Å². The van der Waals surface area contributed by atoms with Crippen molar-refractivity contribution in [2.24, 2.45) is 5.73 Å². The molecular formula is C14H22Cl2N2O. The molecule has 0 aliphatic heterocycles.